The molecule has 0 heterocycles. The van der Waals surface area contributed by atoms with E-state index in [-0.39, 0.29) is 5.78 Å². The summed E-state index contributed by atoms with van der Waals surface area (Å²) in [7, 11) is 0. The molecule has 1 aromatic carbocycles. The molecule has 1 rings (SSSR count). The number of benzene rings is 1. The van der Waals surface area contributed by atoms with Gasteiger partial charge in [-0.3, -0.25) is 4.79 Å². The Hall–Kier alpha value is -1.02. The Balaban J connectivity index is 2.84. The fraction of sp³-hybridized carbons (Fsp3) is 0.500. The maximum atomic E-state index is 11.8. The number of halogens is 1. The molecule has 0 spiro atoms. The van der Waals surface area contributed by atoms with Crippen LogP contribution in [0.5, 0.6) is 5.75 Å². The van der Waals surface area contributed by atoms with E-state index in [1.165, 1.54) is 0 Å². The summed E-state index contributed by atoms with van der Waals surface area (Å²) >= 11 is 5.59. The number of Topliss-reactive ketones (excluding diaryl/α,β-unsaturated/α-hetero) is 1. The number of carbonyl (C=O) groups excluding carboxylic acids is 1. The molecule has 2 nitrogen and oxygen atoms in total. The van der Waals surface area contributed by atoms with Crippen LogP contribution in [-0.2, 0) is 6.42 Å². The van der Waals surface area contributed by atoms with E-state index in [4.69, 9.17) is 16.3 Å². The van der Waals surface area contributed by atoms with Crippen molar-refractivity contribution < 1.29 is 9.53 Å². The van der Waals surface area contributed by atoms with Crippen molar-refractivity contribution in [2.75, 3.05) is 12.5 Å². The van der Waals surface area contributed by atoms with Gasteiger partial charge in [-0.15, -0.1) is 11.6 Å². The minimum atomic E-state index is 0.156. The predicted molar refractivity (Wildman–Crippen MR) is 71.3 cm³/mol. The SMILES string of the molecule is CCOc1ccc(C(=O)CCCCl)cc1CC. The highest BCUT2D eigenvalue weighted by atomic mass is 35.5. The van der Waals surface area contributed by atoms with Gasteiger partial charge >= 0.3 is 0 Å². The van der Waals surface area contributed by atoms with Crippen LogP contribution in [-0.4, -0.2) is 18.3 Å². The summed E-state index contributed by atoms with van der Waals surface area (Å²) in [5, 5.41) is 0. The Morgan fingerprint density at radius 2 is 2.12 bits per heavy atom. The molecule has 94 valence electrons. The number of hydrogen-bond donors (Lipinski definition) is 0. The zero-order chi connectivity index (χ0) is 12.7. The standard InChI is InChI=1S/C14H19ClO2/c1-3-11-10-12(13(16)6-5-9-15)7-8-14(11)17-4-2/h7-8,10H,3-6,9H2,1-2H3. The van der Waals surface area contributed by atoms with E-state index in [0.717, 1.165) is 29.7 Å². The molecule has 0 aromatic heterocycles. The summed E-state index contributed by atoms with van der Waals surface area (Å²) in [6.45, 7) is 4.66. The van der Waals surface area contributed by atoms with Crippen LogP contribution in [0.2, 0.25) is 0 Å². The van der Waals surface area contributed by atoms with Crippen LogP contribution in [0.15, 0.2) is 18.2 Å². The highest BCUT2D eigenvalue weighted by molar-refractivity contribution is 6.18. The van der Waals surface area contributed by atoms with E-state index in [0.29, 0.717) is 18.9 Å². The number of ketones is 1. The van der Waals surface area contributed by atoms with Gasteiger partial charge < -0.3 is 4.74 Å². The van der Waals surface area contributed by atoms with Crippen molar-refractivity contribution in [2.45, 2.75) is 33.1 Å². The third kappa shape index (κ3) is 4.04. The molecule has 1 aromatic rings. The highest BCUT2D eigenvalue weighted by Gasteiger charge is 2.09. The normalized spacial score (nSPS) is 10.3. The fourth-order valence-electron chi connectivity index (χ4n) is 1.70. The van der Waals surface area contributed by atoms with Crippen molar-refractivity contribution in [3.8, 4) is 5.75 Å². The number of alkyl halides is 1. The Kier molecular flexibility index (Phi) is 6.06. The second kappa shape index (κ2) is 7.33. The summed E-state index contributed by atoms with van der Waals surface area (Å²) in [5.74, 6) is 1.57. The van der Waals surface area contributed by atoms with Gasteiger partial charge in [0.1, 0.15) is 5.75 Å². The molecular weight excluding hydrogens is 236 g/mol. The van der Waals surface area contributed by atoms with Gasteiger partial charge in [0.25, 0.3) is 0 Å². The van der Waals surface area contributed by atoms with Crippen LogP contribution >= 0.6 is 11.6 Å². The van der Waals surface area contributed by atoms with Crippen LogP contribution in [0, 0.1) is 0 Å². The van der Waals surface area contributed by atoms with Gasteiger partial charge in [-0.1, -0.05) is 6.92 Å². The van der Waals surface area contributed by atoms with Crippen molar-refractivity contribution in [2.24, 2.45) is 0 Å². The average Bonchev–Trinajstić information content (AvgIpc) is 2.36. The first-order valence-electron chi connectivity index (χ1n) is 6.07. The van der Waals surface area contributed by atoms with Crippen molar-refractivity contribution in [1.82, 2.24) is 0 Å². The zero-order valence-electron chi connectivity index (χ0n) is 10.5. The van der Waals surface area contributed by atoms with Gasteiger partial charge in [-0.25, -0.2) is 0 Å². The van der Waals surface area contributed by atoms with Crippen molar-refractivity contribution in [3.63, 3.8) is 0 Å². The smallest absolute Gasteiger partial charge is 0.162 e. The van der Waals surface area contributed by atoms with Gasteiger partial charge in [0, 0.05) is 17.9 Å². The molecule has 0 fully saturated rings. The molecule has 0 aliphatic heterocycles. The second-order valence-corrected chi connectivity index (χ2v) is 4.20. The molecule has 0 amide bonds. The Morgan fingerprint density at radius 1 is 1.35 bits per heavy atom. The molecule has 3 heteroatoms. The van der Waals surface area contributed by atoms with Gasteiger partial charge in [0.2, 0.25) is 0 Å². The largest absolute Gasteiger partial charge is 0.494 e. The summed E-state index contributed by atoms with van der Waals surface area (Å²) in [5.41, 5.74) is 1.85. The molecular formula is C14H19ClO2. The lowest BCUT2D eigenvalue weighted by Gasteiger charge is -2.10. The van der Waals surface area contributed by atoms with Gasteiger partial charge in [0.15, 0.2) is 5.78 Å². The molecule has 0 aliphatic carbocycles. The second-order valence-electron chi connectivity index (χ2n) is 3.82. The summed E-state index contributed by atoms with van der Waals surface area (Å²) in [4.78, 5) is 11.8. The number of aryl methyl sites for hydroxylation is 1. The minimum absolute atomic E-state index is 0.156. The van der Waals surface area contributed by atoms with E-state index in [9.17, 15) is 4.79 Å². The summed E-state index contributed by atoms with van der Waals surface area (Å²) in [6, 6.07) is 5.65. The van der Waals surface area contributed by atoms with E-state index in [1.54, 1.807) is 0 Å². The molecule has 0 atom stereocenters. The minimum Gasteiger partial charge on any atom is -0.494 e. The Morgan fingerprint density at radius 3 is 2.71 bits per heavy atom. The lowest BCUT2D eigenvalue weighted by atomic mass is 10.0. The monoisotopic (exact) mass is 254 g/mol. The predicted octanol–water partition coefficient (Wildman–Crippen LogP) is 3.85. The Bertz CT molecular complexity index is 374. The topological polar surface area (TPSA) is 26.3 Å². The van der Waals surface area contributed by atoms with E-state index in [1.807, 2.05) is 25.1 Å². The summed E-state index contributed by atoms with van der Waals surface area (Å²) < 4.78 is 5.51. The maximum Gasteiger partial charge on any atom is 0.162 e. The molecule has 0 saturated carbocycles. The molecule has 0 bridgehead atoms. The molecule has 0 N–H and O–H groups in total. The van der Waals surface area contributed by atoms with Gasteiger partial charge in [-0.05, 0) is 43.5 Å². The molecule has 0 aliphatic rings. The first-order chi connectivity index (χ1) is 8.22. The fourth-order valence-corrected chi connectivity index (χ4v) is 1.83. The van der Waals surface area contributed by atoms with Crippen molar-refractivity contribution in [3.05, 3.63) is 29.3 Å². The number of ether oxygens (including phenoxy) is 1. The van der Waals surface area contributed by atoms with E-state index >= 15 is 0 Å². The zero-order valence-corrected chi connectivity index (χ0v) is 11.2. The third-order valence-corrected chi connectivity index (χ3v) is 2.87. The van der Waals surface area contributed by atoms with Gasteiger partial charge in [-0.2, -0.15) is 0 Å². The quantitative estimate of drug-likeness (QED) is 0.546. The lowest BCUT2D eigenvalue weighted by Crippen LogP contribution is -2.02. The average molecular weight is 255 g/mol. The van der Waals surface area contributed by atoms with Crippen LogP contribution < -0.4 is 4.74 Å². The Labute approximate surface area is 108 Å². The molecule has 0 unspecified atom stereocenters. The molecule has 17 heavy (non-hydrogen) atoms. The van der Waals surface area contributed by atoms with E-state index < -0.39 is 0 Å². The first kappa shape index (κ1) is 14.0. The lowest BCUT2D eigenvalue weighted by molar-refractivity contribution is 0.0982. The number of hydrogen-bond acceptors (Lipinski definition) is 2. The number of carbonyl (C=O) groups is 1. The van der Waals surface area contributed by atoms with Gasteiger partial charge in [0.05, 0.1) is 6.61 Å². The maximum absolute atomic E-state index is 11.8. The molecule has 0 saturated heterocycles. The van der Waals surface area contributed by atoms with E-state index in [2.05, 4.69) is 6.92 Å². The summed E-state index contributed by atoms with van der Waals surface area (Å²) in [6.07, 6.45) is 2.11. The van der Waals surface area contributed by atoms with Crippen LogP contribution in [0.4, 0.5) is 0 Å². The third-order valence-electron chi connectivity index (χ3n) is 2.60. The van der Waals surface area contributed by atoms with Crippen LogP contribution in [0.3, 0.4) is 0 Å². The first-order valence-corrected chi connectivity index (χ1v) is 6.61. The molecule has 0 radical (unpaired) electrons. The van der Waals surface area contributed by atoms with Crippen molar-refractivity contribution >= 4 is 17.4 Å². The number of rotatable bonds is 7. The van der Waals surface area contributed by atoms with Crippen LogP contribution in [0.1, 0.15) is 42.6 Å². The van der Waals surface area contributed by atoms with Crippen molar-refractivity contribution in [1.29, 1.82) is 0 Å². The van der Waals surface area contributed by atoms with Crippen LogP contribution in [0.25, 0.3) is 0 Å². The highest BCUT2D eigenvalue weighted by Crippen LogP contribution is 2.21.